The number of Topliss-reactive ketones (excluding diaryl/α,β-unsaturated/α-hetero) is 2. The van der Waals surface area contributed by atoms with E-state index in [1.54, 1.807) is 0 Å². The molecule has 0 N–H and O–H groups in total. The standard InChI is InChI=1S/C40H43ClN4O3/c1-29-4-2-6-35(24-29)44-20-16-42(17-21-44)14-12-37(46)30-8-10-39-32(25-30)27-33-26-31(9-11-40(33)48-39)38(47)13-15-43-18-22-45(23-19-43)36-7-3-5-34(41)28-36/h2-11,24-26,28H,12-23,27H2,1H3. The fraction of sp³-hybridized carbons (Fsp3) is 0.350. The highest BCUT2D eigenvalue weighted by Gasteiger charge is 2.23. The maximum atomic E-state index is 13.3. The van der Waals surface area contributed by atoms with Crippen LogP contribution in [0.4, 0.5) is 11.4 Å². The van der Waals surface area contributed by atoms with Crippen molar-refractivity contribution < 1.29 is 14.3 Å². The summed E-state index contributed by atoms with van der Waals surface area (Å²) in [5.74, 6) is 1.86. The number of rotatable bonds is 10. The van der Waals surface area contributed by atoms with E-state index in [9.17, 15) is 9.59 Å². The number of carbonyl (C=O) groups excluding carboxylic acids is 2. The first-order valence-electron chi connectivity index (χ1n) is 17.1. The second-order valence-electron chi connectivity index (χ2n) is 13.2. The van der Waals surface area contributed by atoms with E-state index in [2.05, 4.69) is 56.9 Å². The highest BCUT2D eigenvalue weighted by atomic mass is 35.5. The van der Waals surface area contributed by atoms with E-state index in [0.717, 1.165) is 104 Å². The normalized spacial score (nSPS) is 16.6. The second-order valence-corrected chi connectivity index (χ2v) is 13.7. The van der Waals surface area contributed by atoms with Crippen molar-refractivity contribution in [3.63, 3.8) is 0 Å². The largest absolute Gasteiger partial charge is 0.457 e. The lowest BCUT2D eigenvalue weighted by Crippen LogP contribution is -2.46. The number of carbonyl (C=O) groups is 2. The molecule has 3 aliphatic rings. The van der Waals surface area contributed by atoms with Gasteiger partial charge in [-0.25, -0.2) is 0 Å². The highest BCUT2D eigenvalue weighted by Crippen LogP contribution is 2.37. The molecule has 0 saturated carbocycles. The van der Waals surface area contributed by atoms with Gasteiger partial charge in [-0.3, -0.25) is 19.4 Å². The van der Waals surface area contributed by atoms with Crippen LogP contribution in [0.15, 0.2) is 84.9 Å². The lowest BCUT2D eigenvalue weighted by atomic mass is 9.94. The molecule has 7 nitrogen and oxygen atoms in total. The Morgan fingerprint density at radius 3 is 1.62 bits per heavy atom. The number of benzene rings is 4. The Morgan fingerprint density at radius 2 is 1.12 bits per heavy atom. The third kappa shape index (κ3) is 7.59. The van der Waals surface area contributed by atoms with Gasteiger partial charge in [-0.2, -0.15) is 0 Å². The van der Waals surface area contributed by atoms with Crippen molar-refractivity contribution in [2.75, 3.05) is 75.2 Å². The summed E-state index contributed by atoms with van der Waals surface area (Å²) in [7, 11) is 0. The van der Waals surface area contributed by atoms with E-state index in [1.807, 2.05) is 54.6 Å². The van der Waals surface area contributed by atoms with Crippen molar-refractivity contribution in [3.05, 3.63) is 118 Å². The number of hydrogen-bond acceptors (Lipinski definition) is 7. The highest BCUT2D eigenvalue weighted by molar-refractivity contribution is 6.30. The number of nitrogens with zero attached hydrogens (tertiary/aromatic N) is 4. The number of halogens is 1. The number of aryl methyl sites for hydroxylation is 1. The number of piperazine rings is 2. The zero-order chi connectivity index (χ0) is 33.0. The molecule has 4 aromatic carbocycles. The molecule has 0 unspecified atom stereocenters. The summed E-state index contributed by atoms with van der Waals surface area (Å²) < 4.78 is 6.21. The van der Waals surface area contributed by atoms with Crippen LogP contribution in [0.5, 0.6) is 11.5 Å². The zero-order valence-electron chi connectivity index (χ0n) is 27.7. The van der Waals surface area contributed by atoms with Crippen LogP contribution in [0.25, 0.3) is 0 Å². The first-order chi connectivity index (χ1) is 23.4. The molecule has 248 valence electrons. The topological polar surface area (TPSA) is 56.3 Å². The van der Waals surface area contributed by atoms with Gasteiger partial charge in [0.15, 0.2) is 11.6 Å². The van der Waals surface area contributed by atoms with Crippen LogP contribution in [0.1, 0.15) is 50.2 Å². The van der Waals surface area contributed by atoms with Crippen LogP contribution in [-0.4, -0.2) is 86.8 Å². The quantitative estimate of drug-likeness (QED) is 0.147. The Morgan fingerprint density at radius 1 is 0.625 bits per heavy atom. The molecule has 2 fully saturated rings. The molecule has 0 radical (unpaired) electrons. The van der Waals surface area contributed by atoms with Crippen molar-refractivity contribution in [1.82, 2.24) is 9.80 Å². The summed E-state index contributed by atoms with van der Waals surface area (Å²) in [5, 5.41) is 0.753. The monoisotopic (exact) mass is 662 g/mol. The van der Waals surface area contributed by atoms with Gasteiger partial charge in [0, 0.05) is 123 Å². The number of hydrogen-bond donors (Lipinski definition) is 0. The number of anilines is 2. The Hall–Kier alpha value is -4.17. The smallest absolute Gasteiger partial charge is 0.164 e. The van der Waals surface area contributed by atoms with Gasteiger partial charge in [0.25, 0.3) is 0 Å². The Balaban J connectivity index is 0.894. The molecule has 7 rings (SSSR count). The maximum absolute atomic E-state index is 13.3. The molecule has 4 aromatic rings. The van der Waals surface area contributed by atoms with Gasteiger partial charge in [0.2, 0.25) is 0 Å². The molecular formula is C40H43ClN4O3. The molecule has 0 spiro atoms. The fourth-order valence-electron chi connectivity index (χ4n) is 7.07. The minimum absolute atomic E-state index is 0.143. The van der Waals surface area contributed by atoms with Crippen LogP contribution in [0, 0.1) is 6.92 Å². The SMILES string of the molecule is Cc1cccc(N2CCN(CCC(=O)c3ccc4c(c3)Cc3cc(C(=O)CCN5CCN(c6cccc(Cl)c6)CC5)ccc3O4)CC2)c1. The van der Waals surface area contributed by atoms with Gasteiger partial charge in [-0.1, -0.05) is 29.8 Å². The summed E-state index contributed by atoms with van der Waals surface area (Å²) in [6.45, 7) is 11.2. The Kier molecular flexibility index (Phi) is 9.80. The lowest BCUT2D eigenvalue weighted by molar-refractivity contribution is 0.0954. The van der Waals surface area contributed by atoms with Gasteiger partial charge < -0.3 is 14.5 Å². The van der Waals surface area contributed by atoms with Crippen molar-refractivity contribution >= 4 is 34.5 Å². The average molecular weight is 663 g/mol. The van der Waals surface area contributed by atoms with Crippen molar-refractivity contribution in [2.45, 2.75) is 26.2 Å². The van der Waals surface area contributed by atoms with Gasteiger partial charge >= 0.3 is 0 Å². The first kappa shape index (κ1) is 32.4. The van der Waals surface area contributed by atoms with Gasteiger partial charge in [-0.15, -0.1) is 0 Å². The first-order valence-corrected chi connectivity index (χ1v) is 17.5. The summed E-state index contributed by atoms with van der Waals surface area (Å²) >= 11 is 6.18. The Bertz CT molecular complexity index is 1660. The predicted octanol–water partition coefficient (Wildman–Crippen LogP) is 7.13. The lowest BCUT2D eigenvalue weighted by Gasteiger charge is -2.36. The van der Waals surface area contributed by atoms with Gasteiger partial charge in [0.05, 0.1) is 0 Å². The minimum Gasteiger partial charge on any atom is -0.457 e. The number of ether oxygens (including phenoxy) is 1. The average Bonchev–Trinajstić information content (AvgIpc) is 3.12. The number of ketones is 2. The molecule has 48 heavy (non-hydrogen) atoms. The molecular weight excluding hydrogens is 620 g/mol. The minimum atomic E-state index is 0.143. The summed E-state index contributed by atoms with van der Waals surface area (Å²) in [6.07, 6.45) is 1.61. The fourth-order valence-corrected chi connectivity index (χ4v) is 7.25. The molecule has 3 heterocycles. The predicted molar refractivity (Wildman–Crippen MR) is 194 cm³/mol. The van der Waals surface area contributed by atoms with Gasteiger partial charge in [0.1, 0.15) is 11.5 Å². The van der Waals surface area contributed by atoms with E-state index in [-0.39, 0.29) is 11.6 Å². The summed E-state index contributed by atoms with van der Waals surface area (Å²) in [4.78, 5) is 36.0. The Labute approximate surface area is 288 Å². The molecule has 0 aliphatic carbocycles. The van der Waals surface area contributed by atoms with Gasteiger partial charge in [-0.05, 0) is 79.2 Å². The van der Waals surface area contributed by atoms with E-state index >= 15 is 0 Å². The van der Waals surface area contributed by atoms with Crippen LogP contribution < -0.4 is 14.5 Å². The van der Waals surface area contributed by atoms with E-state index in [4.69, 9.17) is 16.3 Å². The third-order valence-corrected chi connectivity index (χ3v) is 10.2. The molecule has 8 heteroatoms. The van der Waals surface area contributed by atoms with Crippen LogP contribution >= 0.6 is 11.6 Å². The van der Waals surface area contributed by atoms with E-state index in [0.29, 0.717) is 24.8 Å². The molecule has 0 bridgehead atoms. The van der Waals surface area contributed by atoms with E-state index < -0.39 is 0 Å². The van der Waals surface area contributed by atoms with Crippen LogP contribution in [0.2, 0.25) is 5.02 Å². The van der Waals surface area contributed by atoms with Crippen molar-refractivity contribution in [3.8, 4) is 11.5 Å². The molecule has 0 aromatic heterocycles. The third-order valence-electron chi connectivity index (χ3n) is 9.96. The second kappa shape index (κ2) is 14.5. The maximum Gasteiger partial charge on any atom is 0.164 e. The van der Waals surface area contributed by atoms with Crippen LogP contribution in [0.3, 0.4) is 0 Å². The van der Waals surface area contributed by atoms with Crippen molar-refractivity contribution in [1.29, 1.82) is 0 Å². The zero-order valence-corrected chi connectivity index (χ0v) is 28.4. The summed E-state index contributed by atoms with van der Waals surface area (Å²) in [5.41, 5.74) is 7.12. The molecule has 0 amide bonds. The molecule has 0 atom stereocenters. The van der Waals surface area contributed by atoms with E-state index in [1.165, 1.54) is 11.3 Å². The molecule has 2 saturated heterocycles. The molecule has 3 aliphatic heterocycles. The summed E-state index contributed by atoms with van der Waals surface area (Å²) in [6, 6.07) is 28.2. The number of fused-ring (bicyclic) bond motifs is 2. The van der Waals surface area contributed by atoms with Crippen molar-refractivity contribution in [2.24, 2.45) is 0 Å². The van der Waals surface area contributed by atoms with Crippen LogP contribution in [-0.2, 0) is 6.42 Å².